The zero-order valence-corrected chi connectivity index (χ0v) is 11.0. The lowest BCUT2D eigenvalue weighted by atomic mass is 10.4. The van der Waals surface area contributed by atoms with Gasteiger partial charge in [-0.3, -0.25) is 0 Å². The van der Waals surface area contributed by atoms with Gasteiger partial charge in [0.05, 0.1) is 7.11 Å². The summed E-state index contributed by atoms with van der Waals surface area (Å²) in [6.07, 6.45) is 1.77. The highest BCUT2D eigenvalue weighted by Gasteiger charge is 2.19. The molecule has 1 rings (SSSR count). The maximum absolute atomic E-state index is 11.8. The number of sulfonamides is 1. The van der Waals surface area contributed by atoms with E-state index in [1.807, 2.05) is 0 Å². The third-order valence-electron chi connectivity index (χ3n) is 2.25. The molecule has 0 saturated carbocycles. The molecule has 0 aliphatic rings. The summed E-state index contributed by atoms with van der Waals surface area (Å²) < 4.78 is 30.6. The Hall–Kier alpha value is -0.960. The summed E-state index contributed by atoms with van der Waals surface area (Å²) in [7, 11) is -0.181. The monoisotopic (exact) mass is 263 g/mol. The average molecular weight is 263 g/mol. The number of nitrogens with one attached hydrogen (secondary N) is 1. The van der Waals surface area contributed by atoms with E-state index in [-0.39, 0.29) is 4.90 Å². The van der Waals surface area contributed by atoms with Gasteiger partial charge in [0.2, 0.25) is 10.0 Å². The maximum Gasteiger partial charge on any atom is 0.245 e. The lowest BCUT2D eigenvalue weighted by Gasteiger charge is -2.12. The number of rotatable bonds is 7. The molecule has 17 heavy (non-hydrogen) atoms. The van der Waals surface area contributed by atoms with Crippen molar-refractivity contribution in [1.82, 2.24) is 14.9 Å². The van der Waals surface area contributed by atoms with Crippen molar-refractivity contribution in [2.75, 3.05) is 27.2 Å². The number of hydrogen-bond acceptors (Lipinski definition) is 6. The van der Waals surface area contributed by atoms with E-state index in [1.165, 1.54) is 0 Å². The Morgan fingerprint density at radius 1 is 1.59 bits per heavy atom. The maximum atomic E-state index is 11.8. The van der Waals surface area contributed by atoms with Crippen molar-refractivity contribution < 1.29 is 17.8 Å². The summed E-state index contributed by atoms with van der Waals surface area (Å²) in [6.45, 7) is 2.55. The van der Waals surface area contributed by atoms with Gasteiger partial charge in [0, 0.05) is 20.1 Å². The van der Waals surface area contributed by atoms with Gasteiger partial charge in [0.1, 0.15) is 16.9 Å². The van der Waals surface area contributed by atoms with Crippen LogP contribution >= 0.6 is 0 Å². The molecule has 8 heteroatoms. The van der Waals surface area contributed by atoms with Gasteiger partial charge in [-0.1, -0.05) is 5.16 Å². The highest BCUT2D eigenvalue weighted by molar-refractivity contribution is 7.89. The van der Waals surface area contributed by atoms with Gasteiger partial charge in [-0.2, -0.15) is 5.06 Å². The van der Waals surface area contributed by atoms with Crippen molar-refractivity contribution in [1.29, 1.82) is 0 Å². The predicted octanol–water partition coefficient (Wildman–Crippen LogP) is 0.145. The molecule has 1 N–H and O–H groups in total. The minimum absolute atomic E-state index is 0.0811. The van der Waals surface area contributed by atoms with Crippen LogP contribution in [0, 0.1) is 6.92 Å². The normalized spacial score (nSPS) is 12.2. The second-order valence-corrected chi connectivity index (χ2v) is 5.28. The Kier molecular flexibility index (Phi) is 5.06. The number of hydrogen-bond donors (Lipinski definition) is 1. The van der Waals surface area contributed by atoms with Gasteiger partial charge < -0.3 is 9.36 Å². The van der Waals surface area contributed by atoms with Crippen LogP contribution in [0.5, 0.6) is 0 Å². The number of hydroxylamine groups is 2. The Morgan fingerprint density at radius 3 is 2.82 bits per heavy atom. The zero-order valence-electron chi connectivity index (χ0n) is 10.1. The molecule has 1 aromatic rings. The van der Waals surface area contributed by atoms with Crippen molar-refractivity contribution >= 4 is 10.0 Å². The van der Waals surface area contributed by atoms with E-state index in [0.717, 1.165) is 6.26 Å². The summed E-state index contributed by atoms with van der Waals surface area (Å²) in [5.74, 6) is 0. The van der Waals surface area contributed by atoms with Crippen LogP contribution in [0.2, 0.25) is 0 Å². The standard InChI is InChI=1S/C9H17N3O4S/c1-8-9(7-16-11-8)17(13,14)10-5-4-6-12(2)15-3/h7,10H,4-6H2,1-3H3. The summed E-state index contributed by atoms with van der Waals surface area (Å²) in [5, 5.41) is 5.15. The first-order chi connectivity index (χ1) is 7.97. The molecular formula is C9H17N3O4S. The van der Waals surface area contributed by atoms with Crippen molar-refractivity contribution in [3.05, 3.63) is 12.0 Å². The molecule has 0 bridgehead atoms. The molecule has 0 radical (unpaired) electrons. The predicted molar refractivity (Wildman–Crippen MR) is 60.7 cm³/mol. The van der Waals surface area contributed by atoms with E-state index in [1.54, 1.807) is 26.1 Å². The highest BCUT2D eigenvalue weighted by atomic mass is 32.2. The first-order valence-corrected chi connectivity index (χ1v) is 6.61. The first-order valence-electron chi connectivity index (χ1n) is 5.13. The topological polar surface area (TPSA) is 84.7 Å². The van der Waals surface area contributed by atoms with Crippen LogP contribution in [-0.2, 0) is 14.9 Å². The molecule has 0 amide bonds. The Morgan fingerprint density at radius 2 is 2.29 bits per heavy atom. The largest absolute Gasteiger partial charge is 0.363 e. The molecule has 0 atom stereocenters. The Bertz CT molecular complexity index is 443. The summed E-state index contributed by atoms with van der Waals surface area (Å²) in [4.78, 5) is 4.99. The van der Waals surface area contributed by atoms with Gasteiger partial charge in [-0.15, -0.1) is 0 Å². The van der Waals surface area contributed by atoms with Crippen LogP contribution in [0.15, 0.2) is 15.7 Å². The van der Waals surface area contributed by atoms with Gasteiger partial charge >= 0.3 is 0 Å². The number of aromatic nitrogens is 1. The summed E-state index contributed by atoms with van der Waals surface area (Å²) in [6, 6.07) is 0. The minimum Gasteiger partial charge on any atom is -0.363 e. The Labute approximate surface area is 101 Å². The van der Waals surface area contributed by atoms with Crippen LogP contribution in [0.1, 0.15) is 12.1 Å². The summed E-state index contributed by atoms with van der Waals surface area (Å²) >= 11 is 0. The molecule has 0 spiro atoms. The van der Waals surface area contributed by atoms with Crippen LogP contribution < -0.4 is 4.72 Å². The van der Waals surface area contributed by atoms with Crippen molar-refractivity contribution in [3.63, 3.8) is 0 Å². The second kappa shape index (κ2) is 6.10. The Balaban J connectivity index is 2.44. The lowest BCUT2D eigenvalue weighted by Crippen LogP contribution is -2.28. The molecule has 1 aromatic heterocycles. The summed E-state index contributed by atoms with van der Waals surface area (Å²) in [5.41, 5.74) is 0.353. The highest BCUT2D eigenvalue weighted by Crippen LogP contribution is 2.12. The zero-order chi connectivity index (χ0) is 12.9. The van der Waals surface area contributed by atoms with E-state index < -0.39 is 10.0 Å². The van der Waals surface area contributed by atoms with Gasteiger partial charge in [-0.05, 0) is 13.3 Å². The lowest BCUT2D eigenvalue weighted by molar-refractivity contribution is -0.109. The SMILES string of the molecule is CON(C)CCCNS(=O)(=O)c1conc1C. The first kappa shape index (κ1) is 14.1. The fourth-order valence-electron chi connectivity index (χ4n) is 1.22. The van der Waals surface area contributed by atoms with Crippen molar-refractivity contribution in [2.24, 2.45) is 0 Å². The third-order valence-corrected chi connectivity index (χ3v) is 3.80. The molecule has 0 fully saturated rings. The van der Waals surface area contributed by atoms with E-state index in [2.05, 4.69) is 14.4 Å². The fourth-order valence-corrected chi connectivity index (χ4v) is 2.38. The molecule has 7 nitrogen and oxygen atoms in total. The molecule has 0 aliphatic carbocycles. The van der Waals surface area contributed by atoms with Gasteiger partial charge in [0.25, 0.3) is 0 Å². The van der Waals surface area contributed by atoms with Crippen LogP contribution in [0.25, 0.3) is 0 Å². The van der Waals surface area contributed by atoms with E-state index in [9.17, 15) is 8.42 Å². The smallest absolute Gasteiger partial charge is 0.245 e. The van der Waals surface area contributed by atoms with Crippen LogP contribution in [-0.4, -0.2) is 45.9 Å². The van der Waals surface area contributed by atoms with Crippen LogP contribution in [0.3, 0.4) is 0 Å². The molecule has 0 aromatic carbocycles. The average Bonchev–Trinajstić information content (AvgIpc) is 2.71. The van der Waals surface area contributed by atoms with Gasteiger partial charge in [-0.25, -0.2) is 13.1 Å². The molecule has 1 heterocycles. The molecule has 0 saturated heterocycles. The quantitative estimate of drug-likeness (QED) is 0.556. The molecular weight excluding hydrogens is 246 g/mol. The van der Waals surface area contributed by atoms with E-state index in [4.69, 9.17) is 4.84 Å². The van der Waals surface area contributed by atoms with E-state index in [0.29, 0.717) is 25.2 Å². The molecule has 0 aliphatic heterocycles. The molecule has 98 valence electrons. The van der Waals surface area contributed by atoms with E-state index >= 15 is 0 Å². The van der Waals surface area contributed by atoms with Crippen molar-refractivity contribution in [2.45, 2.75) is 18.2 Å². The number of nitrogens with zero attached hydrogens (tertiary/aromatic N) is 2. The molecule has 0 unspecified atom stereocenters. The van der Waals surface area contributed by atoms with Crippen molar-refractivity contribution in [3.8, 4) is 0 Å². The minimum atomic E-state index is -3.52. The third kappa shape index (κ3) is 4.08. The van der Waals surface area contributed by atoms with Gasteiger partial charge in [0.15, 0.2) is 0 Å². The fraction of sp³-hybridized carbons (Fsp3) is 0.667. The van der Waals surface area contributed by atoms with Crippen LogP contribution in [0.4, 0.5) is 0 Å². The second-order valence-electron chi connectivity index (χ2n) is 3.55. The number of aryl methyl sites for hydroxylation is 1.